The van der Waals surface area contributed by atoms with Gasteiger partial charge in [-0.25, -0.2) is 0 Å². The lowest BCUT2D eigenvalue weighted by Crippen LogP contribution is -2.38. The smallest absolute Gasteiger partial charge is 0.251 e. The van der Waals surface area contributed by atoms with Crippen molar-refractivity contribution in [2.24, 2.45) is 5.92 Å². The molecule has 2 heterocycles. The Bertz CT molecular complexity index is 843. The van der Waals surface area contributed by atoms with Crippen LogP contribution >= 0.6 is 0 Å². The molecule has 164 valence electrons. The molecule has 0 bridgehead atoms. The SMILES string of the molecule is COc1cc(C(=O)NCC2CCN(Cc3cc(C)oc3C)CC2)cc(OC)c1OC. The molecule has 1 aliphatic rings. The maximum atomic E-state index is 12.7. The van der Waals surface area contributed by atoms with Crippen molar-refractivity contribution in [3.05, 3.63) is 40.8 Å². The molecule has 0 radical (unpaired) electrons. The fourth-order valence-electron chi connectivity index (χ4n) is 3.98. The van der Waals surface area contributed by atoms with Crippen molar-refractivity contribution in [1.29, 1.82) is 0 Å². The minimum Gasteiger partial charge on any atom is -0.493 e. The number of nitrogens with zero attached hydrogens (tertiary/aromatic N) is 1. The molecule has 1 aromatic heterocycles. The Morgan fingerprint density at radius 1 is 1.07 bits per heavy atom. The summed E-state index contributed by atoms with van der Waals surface area (Å²) < 4.78 is 21.6. The second kappa shape index (κ2) is 9.89. The molecule has 0 spiro atoms. The third-order valence-electron chi connectivity index (χ3n) is 5.72. The Balaban J connectivity index is 1.52. The quantitative estimate of drug-likeness (QED) is 0.709. The molecular formula is C23H32N2O5. The van der Waals surface area contributed by atoms with Crippen molar-refractivity contribution < 1.29 is 23.4 Å². The molecule has 1 aliphatic heterocycles. The molecular weight excluding hydrogens is 384 g/mol. The zero-order valence-corrected chi connectivity index (χ0v) is 18.5. The molecule has 1 fully saturated rings. The third-order valence-corrected chi connectivity index (χ3v) is 5.72. The number of amides is 1. The molecule has 3 rings (SSSR count). The van der Waals surface area contributed by atoms with Crippen LogP contribution in [0.1, 0.15) is 40.3 Å². The highest BCUT2D eigenvalue weighted by Gasteiger charge is 2.22. The number of benzene rings is 1. The summed E-state index contributed by atoms with van der Waals surface area (Å²) in [7, 11) is 4.62. The maximum absolute atomic E-state index is 12.7. The average Bonchev–Trinajstić information content (AvgIpc) is 3.08. The van der Waals surface area contributed by atoms with E-state index in [0.717, 1.165) is 44.0 Å². The van der Waals surface area contributed by atoms with Gasteiger partial charge in [0.05, 0.1) is 21.3 Å². The van der Waals surface area contributed by atoms with Gasteiger partial charge in [-0.1, -0.05) is 0 Å². The van der Waals surface area contributed by atoms with E-state index in [1.165, 1.54) is 5.56 Å². The lowest BCUT2D eigenvalue weighted by molar-refractivity contribution is 0.0934. The van der Waals surface area contributed by atoms with Crippen LogP contribution in [0.5, 0.6) is 17.2 Å². The van der Waals surface area contributed by atoms with Crippen molar-refractivity contribution in [3.8, 4) is 17.2 Å². The van der Waals surface area contributed by atoms with Crippen LogP contribution in [0.25, 0.3) is 0 Å². The van der Waals surface area contributed by atoms with Crippen LogP contribution in [0.4, 0.5) is 0 Å². The van der Waals surface area contributed by atoms with E-state index in [1.807, 2.05) is 13.8 Å². The van der Waals surface area contributed by atoms with Gasteiger partial charge in [-0.05, 0) is 63.9 Å². The van der Waals surface area contributed by atoms with Gasteiger partial charge in [-0.15, -0.1) is 0 Å². The topological polar surface area (TPSA) is 73.2 Å². The van der Waals surface area contributed by atoms with Crippen LogP contribution in [0.15, 0.2) is 22.6 Å². The first-order valence-electron chi connectivity index (χ1n) is 10.3. The van der Waals surface area contributed by atoms with Crippen molar-refractivity contribution in [2.75, 3.05) is 41.0 Å². The van der Waals surface area contributed by atoms with E-state index in [-0.39, 0.29) is 5.91 Å². The predicted molar refractivity (Wildman–Crippen MR) is 115 cm³/mol. The normalized spacial score (nSPS) is 15.1. The first kappa shape index (κ1) is 22.0. The monoisotopic (exact) mass is 416 g/mol. The van der Waals surface area contributed by atoms with Gasteiger partial charge >= 0.3 is 0 Å². The highest BCUT2D eigenvalue weighted by molar-refractivity contribution is 5.95. The fraction of sp³-hybridized carbons (Fsp3) is 0.522. The second-order valence-electron chi connectivity index (χ2n) is 7.78. The van der Waals surface area contributed by atoms with Crippen molar-refractivity contribution >= 4 is 5.91 Å². The molecule has 1 aromatic carbocycles. The van der Waals surface area contributed by atoms with Gasteiger partial charge in [-0.2, -0.15) is 0 Å². The van der Waals surface area contributed by atoms with E-state index in [0.29, 0.717) is 35.3 Å². The molecule has 7 heteroatoms. The number of aryl methyl sites for hydroxylation is 2. The van der Waals surface area contributed by atoms with Crippen LogP contribution < -0.4 is 19.5 Å². The van der Waals surface area contributed by atoms with E-state index < -0.39 is 0 Å². The number of hydrogen-bond acceptors (Lipinski definition) is 6. The minimum atomic E-state index is -0.138. The van der Waals surface area contributed by atoms with Gasteiger partial charge in [0.1, 0.15) is 11.5 Å². The van der Waals surface area contributed by atoms with Crippen LogP contribution in [-0.4, -0.2) is 51.8 Å². The number of carbonyl (C=O) groups is 1. The highest BCUT2D eigenvalue weighted by Crippen LogP contribution is 2.38. The number of methoxy groups -OCH3 is 3. The molecule has 1 saturated heterocycles. The fourth-order valence-corrected chi connectivity index (χ4v) is 3.98. The summed E-state index contributed by atoms with van der Waals surface area (Å²) in [5, 5.41) is 3.06. The number of carbonyl (C=O) groups excluding carboxylic acids is 1. The van der Waals surface area contributed by atoms with Gasteiger partial charge in [0.2, 0.25) is 5.75 Å². The summed E-state index contributed by atoms with van der Waals surface area (Å²) >= 11 is 0. The van der Waals surface area contributed by atoms with E-state index in [2.05, 4.69) is 16.3 Å². The molecule has 7 nitrogen and oxygen atoms in total. The first-order valence-corrected chi connectivity index (χ1v) is 10.3. The predicted octanol–water partition coefficient (Wildman–Crippen LogP) is 3.56. The summed E-state index contributed by atoms with van der Waals surface area (Å²) in [5.41, 5.74) is 1.76. The molecule has 30 heavy (non-hydrogen) atoms. The lowest BCUT2D eigenvalue weighted by Gasteiger charge is -2.31. The van der Waals surface area contributed by atoms with Gasteiger partial charge in [0, 0.05) is 24.2 Å². The lowest BCUT2D eigenvalue weighted by atomic mass is 9.96. The summed E-state index contributed by atoms with van der Waals surface area (Å²) in [4.78, 5) is 15.1. The van der Waals surface area contributed by atoms with Crippen LogP contribution in [0, 0.1) is 19.8 Å². The number of piperidine rings is 1. The number of furan rings is 1. The molecule has 1 amide bonds. The Morgan fingerprint density at radius 2 is 1.70 bits per heavy atom. The Hall–Kier alpha value is -2.67. The summed E-state index contributed by atoms with van der Waals surface area (Å²) in [6.07, 6.45) is 2.12. The molecule has 0 saturated carbocycles. The van der Waals surface area contributed by atoms with E-state index in [9.17, 15) is 4.79 Å². The van der Waals surface area contributed by atoms with E-state index in [4.69, 9.17) is 18.6 Å². The van der Waals surface area contributed by atoms with Crippen molar-refractivity contribution in [3.63, 3.8) is 0 Å². The van der Waals surface area contributed by atoms with Crippen LogP contribution in [-0.2, 0) is 6.54 Å². The molecule has 0 unspecified atom stereocenters. The van der Waals surface area contributed by atoms with E-state index >= 15 is 0 Å². The van der Waals surface area contributed by atoms with Gasteiger partial charge in [0.15, 0.2) is 11.5 Å². The standard InChI is InChI=1S/C23H32N2O5/c1-15-10-19(16(2)30-15)14-25-8-6-17(7-9-25)13-24-23(26)18-11-20(27-3)22(29-5)21(12-18)28-4/h10-12,17H,6-9,13-14H2,1-5H3,(H,24,26). The molecule has 2 aromatic rings. The zero-order valence-electron chi connectivity index (χ0n) is 18.5. The largest absolute Gasteiger partial charge is 0.493 e. The van der Waals surface area contributed by atoms with Gasteiger partial charge in [-0.3, -0.25) is 9.69 Å². The Kier molecular flexibility index (Phi) is 7.26. The second-order valence-corrected chi connectivity index (χ2v) is 7.78. The Labute approximate surface area is 178 Å². The molecule has 0 aliphatic carbocycles. The maximum Gasteiger partial charge on any atom is 0.251 e. The van der Waals surface area contributed by atoms with Crippen molar-refractivity contribution in [1.82, 2.24) is 10.2 Å². The number of rotatable bonds is 8. The first-order chi connectivity index (χ1) is 14.4. The van der Waals surface area contributed by atoms with Gasteiger partial charge < -0.3 is 23.9 Å². The number of likely N-dealkylation sites (tertiary alicyclic amines) is 1. The van der Waals surface area contributed by atoms with Crippen LogP contribution in [0.2, 0.25) is 0 Å². The molecule has 0 atom stereocenters. The zero-order chi connectivity index (χ0) is 21.7. The third kappa shape index (κ3) is 5.08. The molecule has 1 N–H and O–H groups in total. The number of hydrogen-bond donors (Lipinski definition) is 1. The average molecular weight is 417 g/mol. The van der Waals surface area contributed by atoms with Crippen LogP contribution in [0.3, 0.4) is 0 Å². The Morgan fingerprint density at radius 3 is 2.20 bits per heavy atom. The minimum absolute atomic E-state index is 0.138. The summed E-state index contributed by atoms with van der Waals surface area (Å²) in [5.74, 6) is 3.73. The van der Waals surface area contributed by atoms with E-state index in [1.54, 1.807) is 33.5 Å². The summed E-state index contributed by atoms with van der Waals surface area (Å²) in [6.45, 7) is 7.64. The number of nitrogens with one attached hydrogen (secondary N) is 1. The highest BCUT2D eigenvalue weighted by atomic mass is 16.5. The van der Waals surface area contributed by atoms with Gasteiger partial charge in [0.25, 0.3) is 5.91 Å². The van der Waals surface area contributed by atoms with Crippen molar-refractivity contribution in [2.45, 2.75) is 33.2 Å². The number of ether oxygens (including phenoxy) is 3. The summed E-state index contributed by atoms with van der Waals surface area (Å²) in [6, 6.07) is 5.47.